The topological polar surface area (TPSA) is 60.8 Å². The third-order valence-corrected chi connectivity index (χ3v) is 3.30. The van der Waals surface area contributed by atoms with Gasteiger partial charge in [-0.2, -0.15) is 0 Å². The Balaban J connectivity index is 2.30. The summed E-state index contributed by atoms with van der Waals surface area (Å²) >= 11 is 0. The van der Waals surface area contributed by atoms with Crippen molar-refractivity contribution in [3.63, 3.8) is 0 Å². The average molecular weight is 235 g/mol. The van der Waals surface area contributed by atoms with Crippen LogP contribution in [0, 0.1) is 0 Å². The SMILES string of the molecule is CC1CCCCN1C(=O)c1c(O)cccc1O. The van der Waals surface area contributed by atoms with E-state index in [2.05, 4.69) is 0 Å². The highest BCUT2D eigenvalue weighted by Crippen LogP contribution is 2.29. The van der Waals surface area contributed by atoms with Gasteiger partial charge in [-0.05, 0) is 38.3 Å². The first-order chi connectivity index (χ1) is 8.11. The number of benzene rings is 1. The van der Waals surface area contributed by atoms with Crippen LogP contribution in [0.4, 0.5) is 0 Å². The standard InChI is InChI=1S/C13H17NO3/c1-9-5-2-3-8-14(9)13(17)12-10(15)6-4-7-11(12)16/h4,6-7,9,15-16H,2-3,5,8H2,1H3. The minimum absolute atomic E-state index is 0.0150. The molecule has 1 fully saturated rings. The lowest BCUT2D eigenvalue weighted by atomic mass is 10.0. The quantitative estimate of drug-likeness (QED) is 0.783. The molecule has 4 heteroatoms. The lowest BCUT2D eigenvalue weighted by Gasteiger charge is -2.33. The summed E-state index contributed by atoms with van der Waals surface area (Å²) in [4.78, 5) is 14.0. The molecular formula is C13H17NO3. The molecule has 1 amide bonds. The number of likely N-dealkylation sites (tertiary alicyclic amines) is 1. The Morgan fingerprint density at radius 1 is 1.29 bits per heavy atom. The molecule has 17 heavy (non-hydrogen) atoms. The molecular weight excluding hydrogens is 218 g/mol. The first-order valence-electron chi connectivity index (χ1n) is 5.93. The summed E-state index contributed by atoms with van der Waals surface area (Å²) < 4.78 is 0. The summed E-state index contributed by atoms with van der Waals surface area (Å²) in [6.45, 7) is 2.68. The molecule has 0 saturated carbocycles. The predicted molar refractivity (Wildman–Crippen MR) is 64.1 cm³/mol. The van der Waals surface area contributed by atoms with Gasteiger partial charge in [0.15, 0.2) is 0 Å². The van der Waals surface area contributed by atoms with Crippen LogP contribution in [0.5, 0.6) is 11.5 Å². The average Bonchev–Trinajstić information content (AvgIpc) is 2.29. The van der Waals surface area contributed by atoms with Crippen molar-refractivity contribution in [2.45, 2.75) is 32.2 Å². The summed E-state index contributed by atoms with van der Waals surface area (Å²) in [5, 5.41) is 19.3. The van der Waals surface area contributed by atoms with E-state index in [-0.39, 0.29) is 29.0 Å². The Morgan fingerprint density at radius 2 is 1.94 bits per heavy atom. The number of phenols is 2. The molecule has 1 heterocycles. The fraction of sp³-hybridized carbons (Fsp3) is 0.462. The molecule has 1 aromatic carbocycles. The number of hydrogen-bond acceptors (Lipinski definition) is 3. The van der Waals surface area contributed by atoms with Crippen molar-refractivity contribution in [3.8, 4) is 11.5 Å². The zero-order valence-corrected chi connectivity index (χ0v) is 9.89. The number of hydrogen-bond donors (Lipinski definition) is 2. The van der Waals surface area contributed by atoms with Crippen molar-refractivity contribution in [3.05, 3.63) is 23.8 Å². The van der Waals surface area contributed by atoms with Crippen molar-refractivity contribution in [2.75, 3.05) is 6.54 Å². The van der Waals surface area contributed by atoms with Gasteiger partial charge in [-0.3, -0.25) is 4.79 Å². The van der Waals surface area contributed by atoms with Crippen LogP contribution in [0.25, 0.3) is 0 Å². The van der Waals surface area contributed by atoms with E-state index in [9.17, 15) is 15.0 Å². The number of piperidine rings is 1. The Morgan fingerprint density at radius 3 is 2.53 bits per heavy atom. The van der Waals surface area contributed by atoms with Gasteiger partial charge >= 0.3 is 0 Å². The monoisotopic (exact) mass is 235 g/mol. The van der Waals surface area contributed by atoms with E-state index in [0.29, 0.717) is 6.54 Å². The lowest BCUT2D eigenvalue weighted by Crippen LogP contribution is -2.42. The normalized spacial score (nSPS) is 20.3. The molecule has 0 aliphatic carbocycles. The first kappa shape index (κ1) is 11.8. The number of phenolic OH excluding ortho intramolecular Hbond substituents is 2. The van der Waals surface area contributed by atoms with Gasteiger partial charge in [-0.25, -0.2) is 0 Å². The van der Waals surface area contributed by atoms with Crippen molar-refractivity contribution in [1.29, 1.82) is 0 Å². The van der Waals surface area contributed by atoms with E-state index >= 15 is 0 Å². The predicted octanol–water partition coefficient (Wildman–Crippen LogP) is 2.11. The smallest absolute Gasteiger partial charge is 0.261 e. The fourth-order valence-electron chi connectivity index (χ4n) is 2.29. The maximum Gasteiger partial charge on any atom is 0.261 e. The maximum absolute atomic E-state index is 12.3. The second-order valence-corrected chi connectivity index (χ2v) is 4.51. The van der Waals surface area contributed by atoms with Crippen molar-refractivity contribution < 1.29 is 15.0 Å². The highest BCUT2D eigenvalue weighted by molar-refractivity contribution is 5.99. The molecule has 2 rings (SSSR count). The van der Waals surface area contributed by atoms with Gasteiger partial charge in [-0.1, -0.05) is 6.07 Å². The Hall–Kier alpha value is -1.71. The molecule has 0 spiro atoms. The van der Waals surface area contributed by atoms with Crippen LogP contribution >= 0.6 is 0 Å². The van der Waals surface area contributed by atoms with Gasteiger partial charge in [-0.15, -0.1) is 0 Å². The maximum atomic E-state index is 12.3. The van der Waals surface area contributed by atoms with Crippen molar-refractivity contribution in [1.82, 2.24) is 4.90 Å². The highest BCUT2D eigenvalue weighted by atomic mass is 16.3. The largest absolute Gasteiger partial charge is 0.507 e. The van der Waals surface area contributed by atoms with Crippen LogP contribution < -0.4 is 0 Å². The molecule has 1 unspecified atom stereocenters. The fourth-order valence-corrected chi connectivity index (χ4v) is 2.29. The summed E-state index contributed by atoms with van der Waals surface area (Å²) in [6.07, 6.45) is 3.07. The molecule has 1 atom stereocenters. The van der Waals surface area contributed by atoms with Gasteiger partial charge in [0.05, 0.1) is 0 Å². The van der Waals surface area contributed by atoms with Crippen LogP contribution in [0.15, 0.2) is 18.2 Å². The summed E-state index contributed by atoms with van der Waals surface area (Å²) in [5.74, 6) is -0.603. The molecule has 1 aliphatic heterocycles. The van der Waals surface area contributed by atoms with E-state index in [1.807, 2.05) is 6.92 Å². The number of aromatic hydroxyl groups is 2. The van der Waals surface area contributed by atoms with E-state index in [0.717, 1.165) is 19.3 Å². The van der Waals surface area contributed by atoms with Crippen LogP contribution in [0.1, 0.15) is 36.5 Å². The number of amides is 1. The van der Waals surface area contributed by atoms with Crippen LogP contribution in [-0.4, -0.2) is 33.6 Å². The summed E-state index contributed by atoms with van der Waals surface area (Å²) in [6, 6.07) is 4.51. The van der Waals surface area contributed by atoms with Crippen molar-refractivity contribution >= 4 is 5.91 Å². The third kappa shape index (κ3) is 2.20. The molecule has 1 aromatic rings. The van der Waals surface area contributed by atoms with Crippen LogP contribution in [0.3, 0.4) is 0 Å². The molecule has 0 aromatic heterocycles. The number of carbonyl (C=O) groups is 1. The molecule has 0 radical (unpaired) electrons. The van der Waals surface area contributed by atoms with E-state index in [1.54, 1.807) is 4.90 Å². The van der Waals surface area contributed by atoms with E-state index < -0.39 is 0 Å². The highest BCUT2D eigenvalue weighted by Gasteiger charge is 2.27. The Bertz CT molecular complexity index is 410. The molecule has 4 nitrogen and oxygen atoms in total. The zero-order valence-electron chi connectivity index (χ0n) is 9.89. The minimum Gasteiger partial charge on any atom is -0.507 e. The molecule has 2 N–H and O–H groups in total. The van der Waals surface area contributed by atoms with Gasteiger partial charge < -0.3 is 15.1 Å². The van der Waals surface area contributed by atoms with E-state index in [4.69, 9.17) is 0 Å². The molecule has 92 valence electrons. The van der Waals surface area contributed by atoms with Gasteiger partial charge in [0.2, 0.25) is 0 Å². The second kappa shape index (κ2) is 4.65. The number of rotatable bonds is 1. The Labute approximate surface area is 100 Å². The van der Waals surface area contributed by atoms with E-state index in [1.165, 1.54) is 18.2 Å². The zero-order chi connectivity index (χ0) is 12.4. The van der Waals surface area contributed by atoms with Gasteiger partial charge in [0.1, 0.15) is 17.1 Å². The van der Waals surface area contributed by atoms with Crippen molar-refractivity contribution in [2.24, 2.45) is 0 Å². The third-order valence-electron chi connectivity index (χ3n) is 3.30. The molecule has 1 aliphatic rings. The Kier molecular flexibility index (Phi) is 3.22. The second-order valence-electron chi connectivity index (χ2n) is 4.51. The van der Waals surface area contributed by atoms with Crippen LogP contribution in [-0.2, 0) is 0 Å². The first-order valence-corrected chi connectivity index (χ1v) is 5.93. The number of carbonyl (C=O) groups excluding carboxylic acids is 1. The minimum atomic E-state index is -0.284. The lowest BCUT2D eigenvalue weighted by molar-refractivity contribution is 0.0629. The number of nitrogens with zero attached hydrogens (tertiary/aromatic N) is 1. The van der Waals surface area contributed by atoms with Gasteiger partial charge in [0.25, 0.3) is 5.91 Å². The summed E-state index contributed by atoms with van der Waals surface area (Å²) in [7, 11) is 0. The molecule has 1 saturated heterocycles. The van der Waals surface area contributed by atoms with Gasteiger partial charge in [0, 0.05) is 12.6 Å². The summed E-state index contributed by atoms with van der Waals surface area (Å²) in [5.41, 5.74) is 0.0150. The van der Waals surface area contributed by atoms with Crippen LogP contribution in [0.2, 0.25) is 0 Å². The molecule has 0 bridgehead atoms.